The number of rotatable bonds is 3. The van der Waals surface area contributed by atoms with Gasteiger partial charge in [0.1, 0.15) is 0 Å². The van der Waals surface area contributed by atoms with Crippen LogP contribution in [-0.4, -0.2) is 13.1 Å². The van der Waals surface area contributed by atoms with Crippen molar-refractivity contribution in [1.29, 1.82) is 0 Å². The SMILES string of the molecule is Cc1cccc(N2CCCCC2)c1Nc1ccc(Br)cc1. The largest absolute Gasteiger partial charge is 0.370 e. The molecule has 0 atom stereocenters. The van der Waals surface area contributed by atoms with E-state index in [4.69, 9.17) is 0 Å². The second-order valence-electron chi connectivity index (χ2n) is 5.65. The third kappa shape index (κ3) is 3.41. The summed E-state index contributed by atoms with van der Waals surface area (Å²) in [4.78, 5) is 2.51. The van der Waals surface area contributed by atoms with Crippen LogP contribution in [0, 0.1) is 6.92 Å². The van der Waals surface area contributed by atoms with Crippen molar-refractivity contribution in [3.63, 3.8) is 0 Å². The maximum Gasteiger partial charge on any atom is 0.0651 e. The van der Waals surface area contributed by atoms with Gasteiger partial charge in [-0.3, -0.25) is 0 Å². The van der Waals surface area contributed by atoms with E-state index in [-0.39, 0.29) is 0 Å². The maximum atomic E-state index is 3.60. The van der Waals surface area contributed by atoms with Gasteiger partial charge in [-0.1, -0.05) is 28.1 Å². The summed E-state index contributed by atoms with van der Waals surface area (Å²) in [5.74, 6) is 0. The minimum Gasteiger partial charge on any atom is -0.370 e. The molecule has 1 aliphatic rings. The van der Waals surface area contributed by atoms with Gasteiger partial charge in [0.05, 0.1) is 11.4 Å². The van der Waals surface area contributed by atoms with E-state index in [1.54, 1.807) is 0 Å². The quantitative estimate of drug-likeness (QED) is 0.791. The summed E-state index contributed by atoms with van der Waals surface area (Å²) in [6.07, 6.45) is 3.95. The summed E-state index contributed by atoms with van der Waals surface area (Å²) in [6, 6.07) is 14.9. The van der Waals surface area contributed by atoms with Crippen LogP contribution in [0.2, 0.25) is 0 Å². The number of anilines is 3. The second-order valence-corrected chi connectivity index (χ2v) is 6.56. The van der Waals surface area contributed by atoms with E-state index in [9.17, 15) is 0 Å². The van der Waals surface area contributed by atoms with E-state index in [1.807, 2.05) is 0 Å². The molecule has 0 aliphatic carbocycles. The van der Waals surface area contributed by atoms with E-state index in [2.05, 4.69) is 75.5 Å². The zero-order valence-corrected chi connectivity index (χ0v) is 14.0. The number of hydrogen-bond donors (Lipinski definition) is 1. The zero-order valence-electron chi connectivity index (χ0n) is 12.4. The van der Waals surface area contributed by atoms with Crippen LogP contribution < -0.4 is 10.2 Å². The lowest BCUT2D eigenvalue weighted by molar-refractivity contribution is 0.578. The molecular formula is C18H21BrN2. The highest BCUT2D eigenvalue weighted by Gasteiger charge is 2.15. The first kappa shape index (κ1) is 14.5. The number of nitrogens with one attached hydrogen (secondary N) is 1. The van der Waals surface area contributed by atoms with Gasteiger partial charge in [0.15, 0.2) is 0 Å². The molecule has 2 aromatic rings. The number of para-hydroxylation sites is 1. The minimum absolute atomic E-state index is 1.11. The Kier molecular flexibility index (Phi) is 4.49. The van der Waals surface area contributed by atoms with Gasteiger partial charge in [-0.2, -0.15) is 0 Å². The number of hydrogen-bond acceptors (Lipinski definition) is 2. The molecule has 21 heavy (non-hydrogen) atoms. The second kappa shape index (κ2) is 6.52. The Morgan fingerprint density at radius 1 is 0.952 bits per heavy atom. The van der Waals surface area contributed by atoms with Crippen LogP contribution in [0.5, 0.6) is 0 Å². The minimum atomic E-state index is 1.11. The summed E-state index contributed by atoms with van der Waals surface area (Å²) >= 11 is 3.49. The van der Waals surface area contributed by atoms with Crippen molar-refractivity contribution < 1.29 is 0 Å². The first-order chi connectivity index (χ1) is 10.2. The summed E-state index contributed by atoms with van der Waals surface area (Å²) < 4.78 is 1.11. The molecule has 1 fully saturated rings. The molecule has 0 aromatic heterocycles. The van der Waals surface area contributed by atoms with Crippen LogP contribution in [-0.2, 0) is 0 Å². The first-order valence-corrected chi connectivity index (χ1v) is 8.40. The Morgan fingerprint density at radius 3 is 2.38 bits per heavy atom. The molecule has 3 heteroatoms. The number of benzene rings is 2. The highest BCUT2D eigenvalue weighted by atomic mass is 79.9. The molecule has 2 nitrogen and oxygen atoms in total. The van der Waals surface area contributed by atoms with Gasteiger partial charge in [-0.25, -0.2) is 0 Å². The Labute approximate surface area is 135 Å². The Morgan fingerprint density at radius 2 is 1.67 bits per heavy atom. The van der Waals surface area contributed by atoms with Crippen molar-refractivity contribution in [3.05, 3.63) is 52.5 Å². The molecule has 0 amide bonds. The number of nitrogens with zero attached hydrogens (tertiary/aromatic N) is 1. The molecule has 0 bridgehead atoms. The van der Waals surface area contributed by atoms with Gasteiger partial charge >= 0.3 is 0 Å². The highest BCUT2D eigenvalue weighted by molar-refractivity contribution is 9.10. The first-order valence-electron chi connectivity index (χ1n) is 7.61. The zero-order chi connectivity index (χ0) is 14.7. The Balaban J connectivity index is 1.90. The molecule has 0 radical (unpaired) electrons. The van der Waals surface area contributed by atoms with Crippen molar-refractivity contribution in [2.45, 2.75) is 26.2 Å². The highest BCUT2D eigenvalue weighted by Crippen LogP contribution is 2.33. The summed E-state index contributed by atoms with van der Waals surface area (Å²) in [6.45, 7) is 4.51. The molecule has 1 aliphatic heterocycles. The van der Waals surface area contributed by atoms with Crippen molar-refractivity contribution in [3.8, 4) is 0 Å². The molecule has 1 saturated heterocycles. The number of piperidine rings is 1. The van der Waals surface area contributed by atoms with Gasteiger partial charge in [-0.15, -0.1) is 0 Å². The lowest BCUT2D eigenvalue weighted by atomic mass is 10.1. The van der Waals surface area contributed by atoms with Crippen LogP contribution in [0.15, 0.2) is 46.9 Å². The van der Waals surface area contributed by atoms with Crippen molar-refractivity contribution in [2.75, 3.05) is 23.3 Å². The Bertz CT molecular complexity index is 601. The van der Waals surface area contributed by atoms with E-state index in [0.29, 0.717) is 0 Å². The molecule has 0 unspecified atom stereocenters. The predicted molar refractivity (Wildman–Crippen MR) is 94.7 cm³/mol. The molecule has 0 saturated carbocycles. The van der Waals surface area contributed by atoms with Crippen molar-refractivity contribution in [1.82, 2.24) is 0 Å². The topological polar surface area (TPSA) is 15.3 Å². The predicted octanol–water partition coefficient (Wildman–Crippen LogP) is 5.49. The lowest BCUT2D eigenvalue weighted by Gasteiger charge is -2.31. The van der Waals surface area contributed by atoms with E-state index >= 15 is 0 Å². The van der Waals surface area contributed by atoms with Gasteiger partial charge in [0.25, 0.3) is 0 Å². The van der Waals surface area contributed by atoms with Crippen LogP contribution in [0.3, 0.4) is 0 Å². The lowest BCUT2D eigenvalue weighted by Crippen LogP contribution is -2.30. The molecule has 1 N–H and O–H groups in total. The molecular weight excluding hydrogens is 324 g/mol. The van der Waals surface area contributed by atoms with Gasteiger partial charge in [0.2, 0.25) is 0 Å². The normalized spacial score (nSPS) is 15.0. The third-order valence-electron chi connectivity index (χ3n) is 4.06. The molecule has 3 rings (SSSR count). The van der Waals surface area contributed by atoms with Crippen LogP contribution >= 0.6 is 15.9 Å². The fourth-order valence-corrected chi connectivity index (χ4v) is 3.16. The van der Waals surface area contributed by atoms with E-state index < -0.39 is 0 Å². The number of aryl methyl sites for hydroxylation is 1. The number of halogens is 1. The van der Waals surface area contributed by atoms with Crippen molar-refractivity contribution >= 4 is 33.0 Å². The smallest absolute Gasteiger partial charge is 0.0651 e. The van der Waals surface area contributed by atoms with Crippen LogP contribution in [0.1, 0.15) is 24.8 Å². The van der Waals surface area contributed by atoms with Gasteiger partial charge in [-0.05, 0) is 62.1 Å². The average Bonchev–Trinajstić information content (AvgIpc) is 2.52. The molecule has 2 aromatic carbocycles. The van der Waals surface area contributed by atoms with Crippen molar-refractivity contribution in [2.24, 2.45) is 0 Å². The molecule has 0 spiro atoms. The maximum absolute atomic E-state index is 3.60. The van der Waals surface area contributed by atoms with E-state index in [1.165, 1.54) is 49.3 Å². The van der Waals surface area contributed by atoms with Gasteiger partial charge < -0.3 is 10.2 Å². The Hall–Kier alpha value is -1.48. The fraction of sp³-hybridized carbons (Fsp3) is 0.333. The molecule has 1 heterocycles. The fourth-order valence-electron chi connectivity index (χ4n) is 2.89. The monoisotopic (exact) mass is 344 g/mol. The third-order valence-corrected chi connectivity index (χ3v) is 4.59. The average molecular weight is 345 g/mol. The summed E-state index contributed by atoms with van der Waals surface area (Å²) in [5.41, 5.74) is 4.99. The molecule has 110 valence electrons. The van der Waals surface area contributed by atoms with Crippen LogP contribution in [0.4, 0.5) is 17.1 Å². The summed E-state index contributed by atoms with van der Waals surface area (Å²) in [7, 11) is 0. The summed E-state index contributed by atoms with van der Waals surface area (Å²) in [5, 5.41) is 3.60. The van der Waals surface area contributed by atoms with E-state index in [0.717, 1.165) is 10.2 Å². The standard InChI is InChI=1S/C18H21BrN2/c1-14-6-5-7-17(21-12-3-2-4-13-21)18(14)20-16-10-8-15(19)9-11-16/h5-11,20H,2-4,12-13H2,1H3. The van der Waals surface area contributed by atoms with Gasteiger partial charge in [0, 0.05) is 23.2 Å². The van der Waals surface area contributed by atoms with Crippen LogP contribution in [0.25, 0.3) is 0 Å².